The summed E-state index contributed by atoms with van der Waals surface area (Å²) in [6.45, 7) is 3.73. The van der Waals surface area contributed by atoms with Gasteiger partial charge in [-0.15, -0.1) is 0 Å². The van der Waals surface area contributed by atoms with Gasteiger partial charge in [0.05, 0.1) is 10.6 Å². The fourth-order valence-corrected chi connectivity index (χ4v) is 5.72. The van der Waals surface area contributed by atoms with E-state index in [2.05, 4.69) is 6.92 Å². The zero-order valence-corrected chi connectivity index (χ0v) is 23.1. The van der Waals surface area contributed by atoms with Gasteiger partial charge in [-0.1, -0.05) is 89.7 Å². The van der Waals surface area contributed by atoms with Crippen LogP contribution >= 0.6 is 11.6 Å². The van der Waals surface area contributed by atoms with Crippen molar-refractivity contribution in [1.82, 2.24) is 4.72 Å². The molecule has 0 aliphatic rings. The second kappa shape index (κ2) is 14.8. The zero-order valence-electron chi connectivity index (χ0n) is 21.5. The minimum absolute atomic E-state index is 0.00698. The molecular weight excluding hydrogens is 549 g/mol. The fraction of sp³-hybridized carbons (Fsp3) is 0.519. The molecule has 0 saturated carbocycles. The van der Waals surface area contributed by atoms with Gasteiger partial charge in [-0.05, 0) is 18.6 Å². The van der Waals surface area contributed by atoms with Crippen LogP contribution in [0.1, 0.15) is 84.5 Å². The number of hydrogen-bond donors (Lipinski definition) is 1. The summed E-state index contributed by atoms with van der Waals surface area (Å²) in [5, 5.41) is -0.669. The van der Waals surface area contributed by atoms with Crippen molar-refractivity contribution in [2.45, 2.75) is 89.4 Å². The number of carbonyl (C=O) groups is 1. The van der Waals surface area contributed by atoms with Crippen molar-refractivity contribution < 1.29 is 35.2 Å². The highest BCUT2D eigenvalue weighted by atomic mass is 35.5. The van der Waals surface area contributed by atoms with Crippen molar-refractivity contribution in [3.05, 3.63) is 52.3 Å². The van der Waals surface area contributed by atoms with Crippen molar-refractivity contribution in [3.63, 3.8) is 0 Å². The largest absolute Gasteiger partial charge is 0.274 e. The molecule has 38 heavy (non-hydrogen) atoms. The molecule has 212 valence electrons. The summed E-state index contributed by atoms with van der Waals surface area (Å²) >= 11 is 5.86. The monoisotopic (exact) mass is 581 g/mol. The lowest BCUT2D eigenvalue weighted by atomic mass is 10.0. The number of carbonyl (C=O) groups excluding carboxylic acids is 1. The molecular formula is C27H33ClF5NO3S. The molecule has 2 rings (SSSR count). The van der Waals surface area contributed by atoms with Crippen LogP contribution in [0.3, 0.4) is 0 Å². The van der Waals surface area contributed by atoms with E-state index in [-0.39, 0.29) is 6.07 Å². The molecule has 1 amide bonds. The van der Waals surface area contributed by atoms with E-state index in [9.17, 15) is 35.2 Å². The van der Waals surface area contributed by atoms with Crippen LogP contribution < -0.4 is 4.72 Å². The highest BCUT2D eigenvalue weighted by molar-refractivity contribution is 7.90. The Kier molecular flexibility index (Phi) is 12.5. The molecule has 1 atom stereocenters. The Morgan fingerprint density at radius 1 is 0.816 bits per heavy atom. The van der Waals surface area contributed by atoms with E-state index in [1.807, 2.05) is 4.72 Å². The van der Waals surface area contributed by atoms with Crippen LogP contribution in [0.25, 0.3) is 11.1 Å². The molecule has 0 aromatic heterocycles. The number of rotatable bonds is 15. The number of amides is 1. The number of hydrogen-bond acceptors (Lipinski definition) is 3. The summed E-state index contributed by atoms with van der Waals surface area (Å²) in [4.78, 5) is 11.7. The number of sulfonamides is 1. The predicted octanol–water partition coefficient (Wildman–Crippen LogP) is 8.45. The van der Waals surface area contributed by atoms with E-state index in [1.54, 1.807) is 6.92 Å². The molecule has 0 radical (unpaired) electrons. The van der Waals surface area contributed by atoms with E-state index in [1.165, 1.54) is 32.1 Å². The Labute approximate surface area is 226 Å². The Hall–Kier alpha value is -2.20. The van der Waals surface area contributed by atoms with Gasteiger partial charge in [0.15, 0.2) is 17.5 Å². The second-order valence-corrected chi connectivity index (χ2v) is 11.5. The van der Waals surface area contributed by atoms with E-state index in [0.29, 0.717) is 18.6 Å². The van der Waals surface area contributed by atoms with Crippen molar-refractivity contribution in [1.29, 1.82) is 0 Å². The third-order valence-corrected chi connectivity index (χ3v) is 8.18. The zero-order chi connectivity index (χ0) is 28.5. The van der Waals surface area contributed by atoms with Crippen molar-refractivity contribution in [2.24, 2.45) is 5.92 Å². The third kappa shape index (κ3) is 8.66. The first-order valence-corrected chi connectivity index (χ1v) is 14.7. The van der Waals surface area contributed by atoms with Gasteiger partial charge in [-0.3, -0.25) is 4.79 Å². The molecule has 2 aromatic carbocycles. The molecule has 0 aliphatic carbocycles. The average molecular weight is 582 g/mol. The molecule has 0 saturated heterocycles. The Bertz CT molecular complexity index is 1220. The third-order valence-electron chi connectivity index (χ3n) is 6.37. The molecule has 11 heteroatoms. The van der Waals surface area contributed by atoms with Crippen LogP contribution in [0.15, 0.2) is 23.1 Å². The molecule has 0 spiro atoms. The van der Waals surface area contributed by atoms with Gasteiger partial charge in [-0.2, -0.15) is 0 Å². The normalized spacial score (nSPS) is 12.5. The maximum absolute atomic E-state index is 14.5. The van der Waals surface area contributed by atoms with Gasteiger partial charge in [0.25, 0.3) is 10.0 Å². The summed E-state index contributed by atoms with van der Waals surface area (Å²) < 4.78 is 97.4. The standard InChI is InChI=1S/C27H33ClF5NO3S/c1-3-4-5-6-7-8-9-10-11-12-13-17(2)27(35)34-38(36,37)23-14-18(20(29)15-19(23)28)24-21(30)16-22(31)25(32)26(24)33/h14-17H,3-13H2,1-2H3,(H,34,35). The molecule has 0 fully saturated rings. The highest BCUT2D eigenvalue weighted by Gasteiger charge is 2.28. The van der Waals surface area contributed by atoms with Crippen LogP contribution in [0, 0.1) is 35.0 Å². The first kappa shape index (κ1) is 32.0. The van der Waals surface area contributed by atoms with Gasteiger partial charge in [0.2, 0.25) is 5.91 Å². The molecule has 0 heterocycles. The van der Waals surface area contributed by atoms with E-state index in [0.717, 1.165) is 32.1 Å². The molecule has 2 aromatic rings. The predicted molar refractivity (Wildman–Crippen MR) is 138 cm³/mol. The Balaban J connectivity index is 2.03. The van der Waals surface area contributed by atoms with Crippen molar-refractivity contribution in [3.8, 4) is 11.1 Å². The van der Waals surface area contributed by atoms with Crippen molar-refractivity contribution in [2.75, 3.05) is 0 Å². The quantitative estimate of drug-likeness (QED) is 0.0993. The van der Waals surface area contributed by atoms with Crippen molar-refractivity contribution >= 4 is 27.5 Å². The van der Waals surface area contributed by atoms with Gasteiger partial charge < -0.3 is 0 Å². The smallest absolute Gasteiger partial charge is 0.265 e. The fourth-order valence-electron chi connectivity index (χ4n) is 4.10. The molecule has 1 N–H and O–H groups in total. The van der Waals surface area contributed by atoms with Crippen LogP contribution in [0.5, 0.6) is 0 Å². The number of benzene rings is 2. The van der Waals surface area contributed by atoms with Gasteiger partial charge in [0.1, 0.15) is 16.5 Å². The lowest BCUT2D eigenvalue weighted by Gasteiger charge is -2.15. The van der Waals surface area contributed by atoms with Crippen LogP contribution in [0.2, 0.25) is 5.02 Å². The molecule has 1 unspecified atom stereocenters. The summed E-state index contributed by atoms with van der Waals surface area (Å²) in [6, 6.07) is 0.940. The average Bonchev–Trinajstić information content (AvgIpc) is 2.84. The minimum atomic E-state index is -4.69. The number of nitrogens with one attached hydrogen (secondary N) is 1. The van der Waals surface area contributed by atoms with Crippen LogP contribution in [-0.4, -0.2) is 14.3 Å². The molecule has 0 aliphatic heterocycles. The summed E-state index contributed by atoms with van der Waals surface area (Å²) in [7, 11) is -4.69. The van der Waals surface area contributed by atoms with Crippen LogP contribution in [-0.2, 0) is 14.8 Å². The van der Waals surface area contributed by atoms with Gasteiger partial charge in [0, 0.05) is 17.5 Å². The van der Waals surface area contributed by atoms with E-state index < -0.39 is 72.0 Å². The number of unbranched alkanes of at least 4 members (excludes halogenated alkanes) is 9. The second-order valence-electron chi connectivity index (χ2n) is 9.45. The highest BCUT2D eigenvalue weighted by Crippen LogP contribution is 2.35. The lowest BCUT2D eigenvalue weighted by Crippen LogP contribution is -2.35. The maximum atomic E-state index is 14.5. The summed E-state index contributed by atoms with van der Waals surface area (Å²) in [5.41, 5.74) is -2.32. The Morgan fingerprint density at radius 2 is 1.37 bits per heavy atom. The lowest BCUT2D eigenvalue weighted by molar-refractivity contribution is -0.122. The van der Waals surface area contributed by atoms with E-state index in [4.69, 9.17) is 11.6 Å². The Morgan fingerprint density at radius 3 is 1.95 bits per heavy atom. The summed E-state index contributed by atoms with van der Waals surface area (Å²) in [6.07, 6.45) is 11.5. The molecule has 4 nitrogen and oxygen atoms in total. The van der Waals surface area contributed by atoms with Gasteiger partial charge in [-0.25, -0.2) is 35.1 Å². The minimum Gasteiger partial charge on any atom is -0.274 e. The van der Waals surface area contributed by atoms with E-state index >= 15 is 0 Å². The molecule has 0 bridgehead atoms. The first-order chi connectivity index (χ1) is 17.9. The van der Waals surface area contributed by atoms with Crippen LogP contribution in [0.4, 0.5) is 22.0 Å². The number of halogens is 6. The SMILES string of the molecule is CCCCCCCCCCCCC(C)C(=O)NS(=O)(=O)c1cc(-c2c(F)cc(F)c(F)c2F)c(F)cc1Cl. The maximum Gasteiger partial charge on any atom is 0.265 e. The topological polar surface area (TPSA) is 63.2 Å². The van der Waals surface area contributed by atoms with Gasteiger partial charge >= 0.3 is 0 Å². The summed E-state index contributed by atoms with van der Waals surface area (Å²) in [5.74, 6) is -10.5. The first-order valence-electron chi connectivity index (χ1n) is 12.8.